The summed E-state index contributed by atoms with van der Waals surface area (Å²) < 4.78 is 10.6. The number of rotatable bonds is 5. The van der Waals surface area contributed by atoms with Crippen LogP contribution < -0.4 is 16.0 Å². The molecule has 0 aliphatic heterocycles. The van der Waals surface area contributed by atoms with Crippen LogP contribution in [0.5, 0.6) is 5.75 Å². The van der Waals surface area contributed by atoms with Gasteiger partial charge in [0.15, 0.2) is 15.9 Å². The number of halogens is 1. The zero-order valence-electron chi connectivity index (χ0n) is 16.1. The topological polar surface area (TPSA) is 71.1 Å². The molecule has 0 saturated heterocycles. The number of imidazole rings is 1. The van der Waals surface area contributed by atoms with Crippen molar-refractivity contribution < 1.29 is 4.74 Å². The molecule has 0 spiro atoms. The second-order valence-corrected chi connectivity index (χ2v) is 7.64. The minimum atomic E-state index is -0.409. The lowest BCUT2D eigenvalue weighted by atomic mass is 9.98. The highest BCUT2D eigenvalue weighted by atomic mass is 79.9. The lowest BCUT2D eigenvalue weighted by Crippen LogP contribution is -2.37. The molecule has 0 radical (unpaired) electrons. The smallest absolute Gasteiger partial charge is 0.332 e. The van der Waals surface area contributed by atoms with Crippen molar-refractivity contribution in [3.05, 3.63) is 54.9 Å². The first-order chi connectivity index (χ1) is 12.7. The molecule has 27 heavy (non-hydrogen) atoms. The van der Waals surface area contributed by atoms with Gasteiger partial charge in [-0.15, -0.1) is 0 Å². The van der Waals surface area contributed by atoms with E-state index in [1.54, 1.807) is 11.6 Å². The van der Waals surface area contributed by atoms with Gasteiger partial charge in [-0.1, -0.05) is 19.9 Å². The van der Waals surface area contributed by atoms with Gasteiger partial charge in [-0.05, 0) is 52.0 Å². The van der Waals surface area contributed by atoms with Crippen LogP contribution in [-0.4, -0.2) is 25.3 Å². The van der Waals surface area contributed by atoms with Crippen molar-refractivity contribution in [2.45, 2.75) is 33.2 Å². The number of aryl methyl sites for hydroxylation is 2. The van der Waals surface area contributed by atoms with Gasteiger partial charge in [0.25, 0.3) is 5.56 Å². The fourth-order valence-corrected chi connectivity index (χ4v) is 3.82. The summed E-state index contributed by atoms with van der Waals surface area (Å²) in [7, 11) is 3.08. The van der Waals surface area contributed by atoms with Crippen molar-refractivity contribution in [1.82, 2.24) is 18.7 Å². The molecular formula is C19H23BrN4O3. The third kappa shape index (κ3) is 3.45. The summed E-state index contributed by atoms with van der Waals surface area (Å²) in [5.41, 5.74) is 2.43. The van der Waals surface area contributed by atoms with Crippen molar-refractivity contribution in [2.24, 2.45) is 14.1 Å². The average Bonchev–Trinajstić information content (AvgIpc) is 2.95. The maximum atomic E-state index is 12.3. The van der Waals surface area contributed by atoms with Gasteiger partial charge in [0.1, 0.15) is 12.4 Å². The Kier molecular flexibility index (Phi) is 5.28. The van der Waals surface area contributed by atoms with Crippen molar-refractivity contribution in [3.63, 3.8) is 0 Å². The summed E-state index contributed by atoms with van der Waals surface area (Å²) in [4.78, 5) is 28.8. The number of ether oxygens (including phenoxy) is 1. The molecule has 0 saturated carbocycles. The minimum Gasteiger partial charge on any atom is -0.492 e. The first kappa shape index (κ1) is 19.4. The predicted octanol–water partition coefficient (Wildman–Crippen LogP) is 2.71. The summed E-state index contributed by atoms with van der Waals surface area (Å²) >= 11 is 3.38. The van der Waals surface area contributed by atoms with Gasteiger partial charge in [-0.3, -0.25) is 13.9 Å². The van der Waals surface area contributed by atoms with Crippen molar-refractivity contribution >= 4 is 27.1 Å². The molecule has 2 aromatic heterocycles. The first-order valence-electron chi connectivity index (χ1n) is 8.77. The Balaban J connectivity index is 1.86. The molecule has 0 unspecified atom stereocenters. The summed E-state index contributed by atoms with van der Waals surface area (Å²) in [5, 5.41) is 0. The largest absolute Gasteiger partial charge is 0.492 e. The third-order valence-corrected chi connectivity index (χ3v) is 5.35. The van der Waals surface area contributed by atoms with Crippen LogP contribution in [0.2, 0.25) is 0 Å². The van der Waals surface area contributed by atoms with Gasteiger partial charge in [0.05, 0.1) is 6.54 Å². The maximum Gasteiger partial charge on any atom is 0.332 e. The second kappa shape index (κ2) is 7.34. The average molecular weight is 435 g/mol. The molecule has 3 rings (SSSR count). The molecule has 8 heteroatoms. The normalized spacial score (nSPS) is 11.5. The van der Waals surface area contributed by atoms with Gasteiger partial charge in [-0.25, -0.2) is 9.78 Å². The lowest BCUT2D eigenvalue weighted by Gasteiger charge is -2.13. The third-order valence-electron chi connectivity index (χ3n) is 4.74. The number of nitrogens with zero attached hydrogens (tertiary/aromatic N) is 4. The standard InChI is InChI=1S/C19H23BrN4O3/c1-11(2)14-7-6-13(10-12(14)3)27-9-8-24-16-15(21-18(24)20)17(25)23(5)19(26)22(16)4/h6-7,10-11H,8-9H2,1-5H3. The highest BCUT2D eigenvalue weighted by Gasteiger charge is 2.17. The van der Waals surface area contributed by atoms with E-state index in [2.05, 4.69) is 47.8 Å². The molecule has 0 bridgehead atoms. The highest BCUT2D eigenvalue weighted by molar-refractivity contribution is 9.10. The van der Waals surface area contributed by atoms with Gasteiger partial charge < -0.3 is 9.30 Å². The second-order valence-electron chi connectivity index (χ2n) is 6.93. The molecule has 0 aliphatic rings. The van der Waals surface area contributed by atoms with Gasteiger partial charge in [0, 0.05) is 14.1 Å². The van der Waals surface area contributed by atoms with E-state index in [9.17, 15) is 9.59 Å². The number of hydrogen-bond donors (Lipinski definition) is 0. The highest BCUT2D eigenvalue weighted by Crippen LogP contribution is 2.24. The molecule has 0 atom stereocenters. The van der Waals surface area contributed by atoms with E-state index < -0.39 is 5.56 Å². The van der Waals surface area contributed by atoms with Gasteiger partial charge in [0.2, 0.25) is 0 Å². The summed E-state index contributed by atoms with van der Waals surface area (Å²) in [6.45, 7) is 7.24. The number of benzene rings is 1. The van der Waals surface area contributed by atoms with Crippen LogP contribution in [0.4, 0.5) is 0 Å². The van der Waals surface area contributed by atoms with Crippen LogP contribution >= 0.6 is 15.9 Å². The Bertz CT molecular complexity index is 1120. The molecule has 0 N–H and O–H groups in total. The Labute approximate surface area is 165 Å². The zero-order valence-corrected chi connectivity index (χ0v) is 17.7. The fraction of sp³-hybridized carbons (Fsp3) is 0.421. The number of aromatic nitrogens is 4. The Morgan fingerprint density at radius 3 is 2.52 bits per heavy atom. The molecule has 7 nitrogen and oxygen atoms in total. The fourth-order valence-electron chi connectivity index (χ4n) is 3.30. The van der Waals surface area contributed by atoms with Gasteiger partial charge >= 0.3 is 5.69 Å². The van der Waals surface area contributed by atoms with E-state index in [-0.39, 0.29) is 11.2 Å². The van der Waals surface area contributed by atoms with Crippen LogP contribution in [0.15, 0.2) is 32.5 Å². The van der Waals surface area contributed by atoms with Crippen molar-refractivity contribution in [2.75, 3.05) is 6.61 Å². The Morgan fingerprint density at radius 1 is 1.19 bits per heavy atom. The Hall–Kier alpha value is -2.35. The van der Waals surface area contributed by atoms with Crippen LogP contribution in [-0.2, 0) is 20.6 Å². The Morgan fingerprint density at radius 2 is 1.89 bits per heavy atom. The number of fused-ring (bicyclic) bond motifs is 1. The molecule has 0 aliphatic carbocycles. The maximum absolute atomic E-state index is 12.3. The molecular weight excluding hydrogens is 412 g/mol. The predicted molar refractivity (Wildman–Crippen MR) is 109 cm³/mol. The van der Waals surface area contributed by atoms with E-state index in [1.165, 1.54) is 22.7 Å². The molecule has 0 amide bonds. The van der Waals surface area contributed by atoms with Gasteiger partial charge in [-0.2, -0.15) is 0 Å². The van der Waals surface area contributed by atoms with E-state index in [0.717, 1.165) is 10.3 Å². The van der Waals surface area contributed by atoms with E-state index in [1.807, 2.05) is 12.1 Å². The SMILES string of the molecule is Cc1cc(OCCn2c(Br)nc3c(=O)n(C)c(=O)n(C)c32)ccc1C(C)C. The van der Waals surface area contributed by atoms with Crippen LogP contribution in [0.3, 0.4) is 0 Å². The lowest BCUT2D eigenvalue weighted by molar-refractivity contribution is 0.298. The van der Waals surface area contributed by atoms with Crippen molar-refractivity contribution in [3.8, 4) is 5.75 Å². The van der Waals surface area contributed by atoms with Crippen LogP contribution in [0, 0.1) is 6.92 Å². The minimum absolute atomic E-state index is 0.253. The van der Waals surface area contributed by atoms with Crippen LogP contribution in [0.1, 0.15) is 30.9 Å². The van der Waals surface area contributed by atoms with Crippen LogP contribution in [0.25, 0.3) is 11.2 Å². The van der Waals surface area contributed by atoms with E-state index in [4.69, 9.17) is 4.74 Å². The monoisotopic (exact) mass is 434 g/mol. The molecule has 1 aromatic carbocycles. The molecule has 2 heterocycles. The zero-order chi connectivity index (χ0) is 19.9. The molecule has 0 fully saturated rings. The van der Waals surface area contributed by atoms with Crippen molar-refractivity contribution in [1.29, 1.82) is 0 Å². The summed E-state index contributed by atoms with van der Waals surface area (Å²) in [6, 6.07) is 6.09. The first-order valence-corrected chi connectivity index (χ1v) is 9.56. The van der Waals surface area contributed by atoms with E-state index in [0.29, 0.717) is 29.5 Å². The summed E-state index contributed by atoms with van der Waals surface area (Å²) in [6.07, 6.45) is 0. The van der Waals surface area contributed by atoms with E-state index >= 15 is 0 Å². The quantitative estimate of drug-likeness (QED) is 0.578. The molecule has 144 valence electrons. The number of hydrogen-bond acceptors (Lipinski definition) is 4. The molecule has 3 aromatic rings. The summed E-state index contributed by atoms with van der Waals surface area (Å²) in [5.74, 6) is 1.26.